The molecule has 25 heavy (non-hydrogen) atoms. The third-order valence-corrected chi connectivity index (χ3v) is 5.03. The largest absolute Gasteiger partial charge is 0.477 e. The number of carbonyl (C=O) groups excluding carboxylic acids is 3. The minimum absolute atomic E-state index is 0.0815. The number of nitrogens with zero attached hydrogens (tertiary/aromatic N) is 1. The van der Waals surface area contributed by atoms with Crippen LogP contribution in [0.1, 0.15) is 20.8 Å². The number of rotatable bonds is 7. The van der Waals surface area contributed by atoms with E-state index in [1.165, 1.54) is 18.7 Å². The fourth-order valence-electron chi connectivity index (χ4n) is 2.50. The maximum atomic E-state index is 12.3. The number of carboxylic acid groups (broad SMARTS) is 1. The minimum Gasteiger partial charge on any atom is -0.477 e. The molecular formula is C15H21N3O6S. The van der Waals surface area contributed by atoms with Gasteiger partial charge in [-0.2, -0.15) is 0 Å². The van der Waals surface area contributed by atoms with E-state index in [4.69, 9.17) is 4.74 Å². The first-order valence-electron chi connectivity index (χ1n) is 7.78. The Morgan fingerprint density at radius 1 is 1.40 bits per heavy atom. The van der Waals surface area contributed by atoms with Crippen LogP contribution >= 0.6 is 11.8 Å². The monoisotopic (exact) mass is 371 g/mol. The fraction of sp³-hybridized carbons (Fsp3) is 0.600. The third kappa shape index (κ3) is 4.31. The van der Waals surface area contributed by atoms with Crippen LogP contribution in [-0.2, 0) is 23.9 Å². The average Bonchev–Trinajstić information content (AvgIpc) is 2.54. The number of esters is 1. The van der Waals surface area contributed by atoms with Crippen molar-refractivity contribution in [2.24, 2.45) is 0 Å². The van der Waals surface area contributed by atoms with Crippen LogP contribution in [0.15, 0.2) is 11.3 Å². The van der Waals surface area contributed by atoms with Crippen LogP contribution < -0.4 is 10.6 Å². The van der Waals surface area contributed by atoms with Crippen molar-refractivity contribution in [2.75, 3.05) is 18.9 Å². The molecule has 2 aliphatic rings. The second-order valence-electron chi connectivity index (χ2n) is 6.03. The molecule has 138 valence electrons. The van der Waals surface area contributed by atoms with E-state index >= 15 is 0 Å². The number of hydrogen-bond donors (Lipinski definition) is 3. The summed E-state index contributed by atoms with van der Waals surface area (Å²) in [5, 5.41) is 14.5. The summed E-state index contributed by atoms with van der Waals surface area (Å²) in [6.07, 6.45) is 0. The van der Waals surface area contributed by atoms with Gasteiger partial charge in [0.1, 0.15) is 23.7 Å². The molecule has 0 aliphatic carbocycles. The predicted octanol–water partition coefficient (Wildman–Crippen LogP) is -0.714. The second kappa shape index (κ2) is 7.87. The Labute approximate surface area is 149 Å². The van der Waals surface area contributed by atoms with Crippen molar-refractivity contribution < 1.29 is 29.0 Å². The van der Waals surface area contributed by atoms with Crippen molar-refractivity contribution in [3.8, 4) is 0 Å². The number of ether oxygens (including phenoxy) is 1. The summed E-state index contributed by atoms with van der Waals surface area (Å²) < 4.78 is 4.86. The molecular weight excluding hydrogens is 350 g/mol. The van der Waals surface area contributed by atoms with Gasteiger partial charge in [-0.1, -0.05) is 13.8 Å². The van der Waals surface area contributed by atoms with Crippen LogP contribution in [0.3, 0.4) is 0 Å². The van der Waals surface area contributed by atoms with Crippen LogP contribution in [0.4, 0.5) is 0 Å². The molecule has 2 rings (SSSR count). The van der Waals surface area contributed by atoms with Crippen molar-refractivity contribution in [1.82, 2.24) is 15.5 Å². The maximum Gasteiger partial charge on any atom is 0.352 e. The highest BCUT2D eigenvalue weighted by Gasteiger charge is 2.54. The summed E-state index contributed by atoms with van der Waals surface area (Å²) in [7, 11) is 0. The first-order valence-corrected chi connectivity index (χ1v) is 8.83. The van der Waals surface area contributed by atoms with Gasteiger partial charge in [0, 0.05) is 24.3 Å². The Morgan fingerprint density at radius 3 is 2.64 bits per heavy atom. The average molecular weight is 371 g/mol. The summed E-state index contributed by atoms with van der Waals surface area (Å²) in [5.74, 6) is -2.28. The van der Waals surface area contributed by atoms with Crippen LogP contribution in [0, 0.1) is 0 Å². The number of nitrogens with one attached hydrogen (secondary N) is 2. The van der Waals surface area contributed by atoms with E-state index in [2.05, 4.69) is 10.6 Å². The van der Waals surface area contributed by atoms with Crippen LogP contribution in [-0.4, -0.2) is 70.1 Å². The number of carboxylic acids is 1. The zero-order chi connectivity index (χ0) is 18.7. The van der Waals surface area contributed by atoms with Gasteiger partial charge in [-0.25, -0.2) is 4.79 Å². The molecule has 2 atom stereocenters. The SMILES string of the molecule is CC(=O)OCC1=C(C(=O)O)N2C(=O)[C@@H](NC(=O)CNC(C)C)[C@H]2SC1. The molecule has 0 aromatic heterocycles. The highest BCUT2D eigenvalue weighted by Crippen LogP contribution is 2.40. The number of aliphatic carboxylic acids is 1. The van der Waals surface area contributed by atoms with Crippen molar-refractivity contribution in [3.05, 3.63) is 11.3 Å². The standard InChI is InChI=1S/C15H21N3O6S/c1-7(2)16-4-10(20)17-11-13(21)18-12(15(22)23)9(5-24-8(3)19)6-25-14(11)18/h7,11,14,16H,4-6H2,1-3H3,(H,17,20)(H,22,23)/t11-,14-/m1/s1. The number of amides is 2. The molecule has 0 radical (unpaired) electrons. The van der Waals surface area contributed by atoms with Gasteiger partial charge in [0.15, 0.2) is 0 Å². The Kier molecular flexibility index (Phi) is 6.07. The van der Waals surface area contributed by atoms with E-state index < -0.39 is 29.3 Å². The molecule has 1 saturated heterocycles. The zero-order valence-electron chi connectivity index (χ0n) is 14.2. The number of fused-ring (bicyclic) bond motifs is 1. The first kappa shape index (κ1) is 19.3. The number of thioether (sulfide) groups is 1. The fourth-order valence-corrected chi connectivity index (χ4v) is 3.83. The van der Waals surface area contributed by atoms with Gasteiger partial charge in [-0.3, -0.25) is 19.3 Å². The van der Waals surface area contributed by atoms with Gasteiger partial charge < -0.3 is 20.5 Å². The number of carbonyl (C=O) groups is 4. The molecule has 9 nitrogen and oxygen atoms in total. The van der Waals surface area contributed by atoms with E-state index in [-0.39, 0.29) is 30.8 Å². The van der Waals surface area contributed by atoms with E-state index in [0.717, 1.165) is 4.90 Å². The molecule has 0 aromatic rings. The van der Waals surface area contributed by atoms with Crippen molar-refractivity contribution in [2.45, 2.75) is 38.2 Å². The van der Waals surface area contributed by atoms with E-state index in [1.54, 1.807) is 0 Å². The molecule has 0 saturated carbocycles. The Bertz CT molecular complexity index is 633. The van der Waals surface area contributed by atoms with Crippen LogP contribution in [0.25, 0.3) is 0 Å². The van der Waals surface area contributed by atoms with Gasteiger partial charge in [-0.05, 0) is 0 Å². The van der Waals surface area contributed by atoms with Crippen LogP contribution in [0.5, 0.6) is 0 Å². The summed E-state index contributed by atoms with van der Waals surface area (Å²) in [6.45, 7) is 4.93. The summed E-state index contributed by atoms with van der Waals surface area (Å²) >= 11 is 1.33. The first-order chi connectivity index (χ1) is 11.7. The normalized spacial score (nSPS) is 22.4. The van der Waals surface area contributed by atoms with E-state index in [1.807, 2.05) is 13.8 Å². The van der Waals surface area contributed by atoms with Gasteiger partial charge in [0.25, 0.3) is 5.91 Å². The Balaban J connectivity index is 2.06. The number of hydrogen-bond acceptors (Lipinski definition) is 7. The van der Waals surface area contributed by atoms with Crippen molar-refractivity contribution in [1.29, 1.82) is 0 Å². The lowest BCUT2D eigenvalue weighted by molar-refractivity contribution is -0.151. The molecule has 0 bridgehead atoms. The Morgan fingerprint density at radius 2 is 2.08 bits per heavy atom. The summed E-state index contributed by atoms with van der Waals surface area (Å²) in [4.78, 5) is 47.9. The molecule has 2 amide bonds. The molecule has 2 heterocycles. The van der Waals surface area contributed by atoms with Crippen LogP contribution in [0.2, 0.25) is 0 Å². The molecule has 1 fully saturated rings. The third-order valence-electron chi connectivity index (χ3n) is 3.69. The second-order valence-corrected chi connectivity index (χ2v) is 7.13. The van der Waals surface area contributed by atoms with Gasteiger partial charge in [0.05, 0.1) is 6.54 Å². The molecule has 2 aliphatic heterocycles. The maximum absolute atomic E-state index is 12.3. The minimum atomic E-state index is -1.26. The van der Waals surface area contributed by atoms with Gasteiger partial charge in [-0.15, -0.1) is 11.8 Å². The van der Waals surface area contributed by atoms with E-state index in [9.17, 15) is 24.3 Å². The quantitative estimate of drug-likeness (QED) is 0.396. The highest BCUT2D eigenvalue weighted by atomic mass is 32.2. The van der Waals surface area contributed by atoms with Gasteiger partial charge in [0.2, 0.25) is 5.91 Å². The lowest BCUT2D eigenvalue weighted by atomic mass is 10.0. The van der Waals surface area contributed by atoms with Gasteiger partial charge >= 0.3 is 11.9 Å². The lowest BCUT2D eigenvalue weighted by Crippen LogP contribution is -2.71. The molecule has 3 N–H and O–H groups in total. The molecule has 10 heteroatoms. The van der Waals surface area contributed by atoms with E-state index in [0.29, 0.717) is 11.3 Å². The summed E-state index contributed by atoms with van der Waals surface area (Å²) in [6, 6.07) is -0.620. The lowest BCUT2D eigenvalue weighted by Gasteiger charge is -2.49. The van der Waals surface area contributed by atoms with Crippen molar-refractivity contribution in [3.63, 3.8) is 0 Å². The van der Waals surface area contributed by atoms with Crippen molar-refractivity contribution >= 4 is 35.5 Å². The number of β-lactam (4-membered cyclic amide) rings is 1. The molecule has 0 unspecified atom stereocenters. The smallest absolute Gasteiger partial charge is 0.352 e. The zero-order valence-corrected chi connectivity index (χ0v) is 15.0. The topological polar surface area (TPSA) is 125 Å². The summed E-state index contributed by atoms with van der Waals surface area (Å²) in [5.41, 5.74) is 0.198. The molecule has 0 spiro atoms. The molecule has 0 aromatic carbocycles. The predicted molar refractivity (Wildman–Crippen MR) is 89.5 cm³/mol. The highest BCUT2D eigenvalue weighted by molar-refractivity contribution is 8.00. The Hall–Kier alpha value is -2.07.